The first kappa shape index (κ1) is 27.1. The van der Waals surface area contributed by atoms with E-state index in [9.17, 15) is 9.59 Å². The predicted molar refractivity (Wildman–Crippen MR) is 132 cm³/mol. The van der Waals surface area contributed by atoms with E-state index in [2.05, 4.69) is 31.8 Å². The summed E-state index contributed by atoms with van der Waals surface area (Å²) in [5, 5.41) is 6.53. The van der Waals surface area contributed by atoms with Gasteiger partial charge in [0.15, 0.2) is 11.5 Å². The summed E-state index contributed by atoms with van der Waals surface area (Å²) >= 11 is 3.41. The molecule has 9 nitrogen and oxygen atoms in total. The zero-order valence-electron chi connectivity index (χ0n) is 19.9. The number of methoxy groups -OCH3 is 2. The molecule has 0 radical (unpaired) electrons. The first-order valence-electron chi connectivity index (χ1n) is 10.5. The summed E-state index contributed by atoms with van der Waals surface area (Å²) in [5.74, 6) is 0.485. The van der Waals surface area contributed by atoms with E-state index < -0.39 is 23.6 Å². The molecular weight excluding hydrogens is 506 g/mol. The van der Waals surface area contributed by atoms with Gasteiger partial charge in [-0.2, -0.15) is 5.10 Å². The molecule has 34 heavy (non-hydrogen) atoms. The Balaban J connectivity index is 2.05. The summed E-state index contributed by atoms with van der Waals surface area (Å²) in [4.78, 5) is 25.0. The molecule has 0 heterocycles. The van der Waals surface area contributed by atoms with Crippen molar-refractivity contribution in [2.75, 3.05) is 20.8 Å². The Labute approximate surface area is 207 Å². The van der Waals surface area contributed by atoms with Gasteiger partial charge in [0.1, 0.15) is 11.6 Å². The molecule has 2 amide bonds. The number of carbonyl (C=O) groups excluding carboxylic acids is 2. The number of nitrogens with one attached hydrogen (secondary N) is 2. The largest absolute Gasteiger partial charge is 0.493 e. The molecule has 0 aromatic heterocycles. The third-order valence-corrected chi connectivity index (χ3v) is 4.84. The van der Waals surface area contributed by atoms with Crippen LogP contribution in [0.4, 0.5) is 4.79 Å². The van der Waals surface area contributed by atoms with Crippen molar-refractivity contribution < 1.29 is 28.5 Å². The van der Waals surface area contributed by atoms with Gasteiger partial charge in [-0.3, -0.25) is 4.79 Å². The summed E-state index contributed by atoms with van der Waals surface area (Å²) in [6.45, 7) is 5.41. The van der Waals surface area contributed by atoms with Crippen LogP contribution in [0.3, 0.4) is 0 Å². The van der Waals surface area contributed by atoms with Crippen LogP contribution in [0.15, 0.2) is 52.0 Å². The molecule has 0 spiro atoms. The van der Waals surface area contributed by atoms with Crippen LogP contribution in [0.2, 0.25) is 0 Å². The molecule has 0 aliphatic rings. The van der Waals surface area contributed by atoms with Crippen LogP contribution in [-0.2, 0) is 20.9 Å². The number of hydrogen-bond donors (Lipinski definition) is 2. The van der Waals surface area contributed by atoms with Gasteiger partial charge in [-0.25, -0.2) is 10.2 Å². The summed E-state index contributed by atoms with van der Waals surface area (Å²) in [7, 11) is 3.06. The van der Waals surface area contributed by atoms with Crippen LogP contribution >= 0.6 is 15.9 Å². The van der Waals surface area contributed by atoms with Crippen molar-refractivity contribution in [2.24, 2.45) is 5.10 Å². The van der Waals surface area contributed by atoms with E-state index in [1.807, 2.05) is 30.3 Å². The summed E-state index contributed by atoms with van der Waals surface area (Å²) in [6.07, 6.45) is 0.712. The Morgan fingerprint density at radius 1 is 1.12 bits per heavy atom. The van der Waals surface area contributed by atoms with Gasteiger partial charge in [-0.1, -0.05) is 30.3 Å². The van der Waals surface area contributed by atoms with E-state index in [1.165, 1.54) is 20.4 Å². The van der Waals surface area contributed by atoms with E-state index >= 15 is 0 Å². The fourth-order valence-electron chi connectivity index (χ4n) is 2.76. The van der Waals surface area contributed by atoms with Crippen LogP contribution in [0.5, 0.6) is 11.5 Å². The second-order valence-electron chi connectivity index (χ2n) is 8.17. The molecule has 0 aliphatic heterocycles. The standard InChI is InChI=1S/C24H30BrN3O6/c1-24(2,3)34-23(30)27-19(15-33-14-16-9-7-6-8-10-16)22(29)28-26-13-17-11-18(25)21(32-5)20(12-17)31-4/h6-13,19H,14-15H2,1-5H3,(H,27,30)(H,28,29)/b26-13-/t19-/m0/s1. The molecule has 184 valence electrons. The highest BCUT2D eigenvalue weighted by molar-refractivity contribution is 9.10. The number of amides is 2. The van der Waals surface area contributed by atoms with Crippen molar-refractivity contribution in [1.29, 1.82) is 0 Å². The molecule has 0 saturated carbocycles. The summed E-state index contributed by atoms with van der Waals surface area (Å²) in [5.41, 5.74) is 3.31. The van der Waals surface area contributed by atoms with E-state index in [-0.39, 0.29) is 13.2 Å². The SMILES string of the molecule is COc1cc(/C=N\NC(=O)[C@H](COCc2ccccc2)NC(=O)OC(C)(C)C)cc(Br)c1OC. The van der Waals surface area contributed by atoms with E-state index in [0.29, 0.717) is 21.5 Å². The molecule has 0 fully saturated rings. The van der Waals surface area contributed by atoms with Crippen molar-refractivity contribution >= 4 is 34.1 Å². The van der Waals surface area contributed by atoms with E-state index in [1.54, 1.807) is 32.9 Å². The van der Waals surface area contributed by atoms with E-state index in [0.717, 1.165) is 5.56 Å². The number of nitrogens with zero attached hydrogens (tertiary/aromatic N) is 1. The minimum Gasteiger partial charge on any atom is -0.493 e. The Morgan fingerprint density at radius 3 is 2.44 bits per heavy atom. The van der Waals surface area contributed by atoms with Crippen molar-refractivity contribution in [3.8, 4) is 11.5 Å². The monoisotopic (exact) mass is 535 g/mol. The van der Waals surface area contributed by atoms with Crippen molar-refractivity contribution in [3.63, 3.8) is 0 Å². The van der Waals surface area contributed by atoms with Crippen molar-refractivity contribution in [2.45, 2.75) is 39.0 Å². The zero-order chi connectivity index (χ0) is 25.1. The topological polar surface area (TPSA) is 107 Å². The lowest BCUT2D eigenvalue weighted by Crippen LogP contribution is -2.49. The number of carbonyl (C=O) groups is 2. The summed E-state index contributed by atoms with van der Waals surface area (Å²) < 4.78 is 22.2. The lowest BCUT2D eigenvalue weighted by Gasteiger charge is -2.22. The number of ether oxygens (including phenoxy) is 4. The Bertz CT molecular complexity index is 992. The maximum Gasteiger partial charge on any atom is 0.408 e. The Morgan fingerprint density at radius 2 is 1.82 bits per heavy atom. The normalized spacial score (nSPS) is 12.2. The number of rotatable bonds is 10. The molecule has 2 aromatic rings. The molecule has 2 aromatic carbocycles. The molecule has 1 atom stereocenters. The van der Waals surface area contributed by atoms with Crippen LogP contribution in [0.25, 0.3) is 0 Å². The first-order valence-corrected chi connectivity index (χ1v) is 11.3. The van der Waals surface area contributed by atoms with Crippen LogP contribution < -0.4 is 20.2 Å². The molecule has 2 rings (SSSR count). The number of alkyl carbamates (subject to hydrolysis) is 1. The molecule has 0 saturated heterocycles. The average molecular weight is 536 g/mol. The zero-order valence-corrected chi connectivity index (χ0v) is 21.5. The maximum absolute atomic E-state index is 12.7. The van der Waals surface area contributed by atoms with Gasteiger partial charge in [-0.15, -0.1) is 0 Å². The molecule has 2 N–H and O–H groups in total. The van der Waals surface area contributed by atoms with Crippen LogP contribution in [-0.4, -0.2) is 50.7 Å². The van der Waals surface area contributed by atoms with E-state index in [4.69, 9.17) is 18.9 Å². The fourth-order valence-corrected chi connectivity index (χ4v) is 3.38. The highest BCUT2D eigenvalue weighted by atomic mass is 79.9. The highest BCUT2D eigenvalue weighted by Crippen LogP contribution is 2.35. The van der Waals surface area contributed by atoms with Gasteiger partial charge in [0.25, 0.3) is 5.91 Å². The molecule has 0 unspecified atom stereocenters. The van der Waals surface area contributed by atoms with Gasteiger partial charge in [0.2, 0.25) is 0 Å². The number of hydrazone groups is 1. The van der Waals surface area contributed by atoms with Gasteiger partial charge >= 0.3 is 6.09 Å². The average Bonchev–Trinajstić information content (AvgIpc) is 2.77. The number of benzene rings is 2. The number of halogens is 1. The summed E-state index contributed by atoms with van der Waals surface area (Å²) in [6, 6.07) is 11.9. The lowest BCUT2D eigenvalue weighted by atomic mass is 10.2. The molecule has 0 bridgehead atoms. The quantitative estimate of drug-likeness (QED) is 0.351. The van der Waals surface area contributed by atoms with Crippen LogP contribution in [0, 0.1) is 0 Å². The minimum atomic E-state index is -1.02. The van der Waals surface area contributed by atoms with Crippen molar-refractivity contribution in [1.82, 2.24) is 10.7 Å². The fraction of sp³-hybridized carbons (Fsp3) is 0.375. The van der Waals surface area contributed by atoms with Gasteiger partial charge in [0, 0.05) is 0 Å². The lowest BCUT2D eigenvalue weighted by molar-refractivity contribution is -0.124. The van der Waals surface area contributed by atoms with Crippen LogP contribution in [0.1, 0.15) is 31.9 Å². The maximum atomic E-state index is 12.7. The highest BCUT2D eigenvalue weighted by Gasteiger charge is 2.24. The predicted octanol–water partition coefficient (Wildman–Crippen LogP) is 4.03. The van der Waals surface area contributed by atoms with Crippen molar-refractivity contribution in [3.05, 3.63) is 58.1 Å². The van der Waals surface area contributed by atoms with Gasteiger partial charge < -0.3 is 24.3 Å². The molecule has 10 heteroatoms. The van der Waals surface area contributed by atoms with Gasteiger partial charge in [0.05, 0.1) is 38.1 Å². The van der Waals surface area contributed by atoms with Gasteiger partial charge in [-0.05, 0) is 60.0 Å². The second-order valence-corrected chi connectivity index (χ2v) is 9.03. The third-order valence-electron chi connectivity index (χ3n) is 4.25. The third kappa shape index (κ3) is 9.03. The minimum absolute atomic E-state index is 0.0720. The Hall–Kier alpha value is -3.11. The first-order chi connectivity index (χ1) is 16.1. The molecular formula is C24H30BrN3O6. The Kier molecular flexibility index (Phi) is 10.3. The smallest absolute Gasteiger partial charge is 0.408 e. The molecule has 0 aliphatic carbocycles. The second kappa shape index (κ2) is 13.0. The number of hydrogen-bond acceptors (Lipinski definition) is 7.